The van der Waals surface area contributed by atoms with E-state index in [0.29, 0.717) is 5.56 Å². The second kappa shape index (κ2) is 5.80. The number of halogens is 3. The highest BCUT2D eigenvalue weighted by Gasteiger charge is 2.42. The number of carbonyl (C=O) groups is 1. The van der Waals surface area contributed by atoms with Gasteiger partial charge in [0.2, 0.25) is 5.91 Å². The molecule has 20 heavy (non-hydrogen) atoms. The van der Waals surface area contributed by atoms with Crippen molar-refractivity contribution in [3.05, 3.63) is 35.6 Å². The molecule has 0 aliphatic carbocycles. The molecule has 110 valence electrons. The molecule has 0 saturated carbocycles. The van der Waals surface area contributed by atoms with Crippen LogP contribution in [-0.4, -0.2) is 36.1 Å². The number of hydrogen-bond donors (Lipinski definition) is 3. The van der Waals surface area contributed by atoms with Gasteiger partial charge in [0.05, 0.1) is 18.7 Å². The summed E-state index contributed by atoms with van der Waals surface area (Å²) < 4.78 is 38.6. The lowest BCUT2D eigenvalue weighted by Crippen LogP contribution is -2.41. The summed E-state index contributed by atoms with van der Waals surface area (Å²) in [4.78, 5) is 11.6. The quantitative estimate of drug-likeness (QED) is 0.774. The third-order valence-corrected chi connectivity index (χ3v) is 3.15. The van der Waals surface area contributed by atoms with Gasteiger partial charge in [-0.05, 0) is 17.7 Å². The minimum atomic E-state index is -2.88. The van der Waals surface area contributed by atoms with Crippen LogP contribution in [0, 0.1) is 5.82 Å². The first-order chi connectivity index (χ1) is 9.37. The maximum Gasteiger partial charge on any atom is 0.262 e. The molecule has 1 fully saturated rings. The van der Waals surface area contributed by atoms with Gasteiger partial charge in [0.1, 0.15) is 5.82 Å². The van der Waals surface area contributed by atoms with Crippen LogP contribution in [0.4, 0.5) is 13.2 Å². The van der Waals surface area contributed by atoms with Crippen LogP contribution in [0.2, 0.25) is 0 Å². The Morgan fingerprint density at radius 3 is 2.65 bits per heavy atom. The normalized spacial score (nSPS) is 22.5. The Balaban J connectivity index is 1.83. The summed E-state index contributed by atoms with van der Waals surface area (Å²) in [6.07, 6.45) is -1.56. The highest BCUT2D eigenvalue weighted by atomic mass is 19.3. The number of carbonyl (C=O) groups excluding carboxylic acids is 1. The molecule has 1 aromatic carbocycles. The number of rotatable bonds is 4. The summed E-state index contributed by atoms with van der Waals surface area (Å²) >= 11 is 0. The smallest absolute Gasteiger partial charge is 0.262 e. The number of aliphatic hydroxyl groups excluding tert-OH is 1. The van der Waals surface area contributed by atoms with Gasteiger partial charge in [-0.25, -0.2) is 13.2 Å². The lowest BCUT2D eigenvalue weighted by Gasteiger charge is -2.15. The zero-order valence-corrected chi connectivity index (χ0v) is 10.6. The summed E-state index contributed by atoms with van der Waals surface area (Å²) in [6.45, 7) is -0.639. The van der Waals surface area contributed by atoms with Gasteiger partial charge in [0, 0.05) is 13.0 Å². The molecule has 7 heteroatoms. The van der Waals surface area contributed by atoms with Crippen LogP contribution >= 0.6 is 0 Å². The van der Waals surface area contributed by atoms with Gasteiger partial charge in [-0.2, -0.15) is 0 Å². The molecule has 1 aromatic rings. The summed E-state index contributed by atoms with van der Waals surface area (Å²) in [5, 5.41) is 14.6. The van der Waals surface area contributed by atoms with Crippen LogP contribution in [0.25, 0.3) is 0 Å². The van der Waals surface area contributed by atoms with Crippen molar-refractivity contribution in [1.29, 1.82) is 0 Å². The molecule has 0 spiro atoms. The Morgan fingerprint density at radius 2 is 2.10 bits per heavy atom. The summed E-state index contributed by atoms with van der Waals surface area (Å²) in [6, 6.07) is 4.23. The van der Waals surface area contributed by atoms with Gasteiger partial charge in [-0.15, -0.1) is 0 Å². The molecule has 0 radical (unpaired) electrons. The molecule has 2 atom stereocenters. The molecule has 4 nitrogen and oxygen atoms in total. The maximum absolute atomic E-state index is 12.9. The van der Waals surface area contributed by atoms with E-state index in [1.807, 2.05) is 0 Å². The SMILES string of the molecule is O=C(NCC(O)c1ccc(F)cc1)C1CC(F)(F)CN1. The molecule has 3 N–H and O–H groups in total. The largest absolute Gasteiger partial charge is 0.387 e. The van der Waals surface area contributed by atoms with Crippen molar-refractivity contribution in [1.82, 2.24) is 10.6 Å². The monoisotopic (exact) mass is 288 g/mol. The summed E-state index contributed by atoms with van der Waals surface area (Å²) in [5.74, 6) is -3.89. The van der Waals surface area contributed by atoms with E-state index in [4.69, 9.17) is 0 Å². The molecular weight excluding hydrogens is 273 g/mol. The van der Waals surface area contributed by atoms with Crippen molar-refractivity contribution in [2.24, 2.45) is 0 Å². The Bertz CT molecular complexity index is 479. The lowest BCUT2D eigenvalue weighted by molar-refractivity contribution is -0.123. The van der Waals surface area contributed by atoms with Crippen LogP contribution in [0.5, 0.6) is 0 Å². The Kier molecular flexibility index (Phi) is 4.29. The van der Waals surface area contributed by atoms with Crippen molar-refractivity contribution >= 4 is 5.91 Å². The van der Waals surface area contributed by atoms with Crippen LogP contribution < -0.4 is 10.6 Å². The first kappa shape index (κ1) is 14.8. The van der Waals surface area contributed by atoms with E-state index in [0.717, 1.165) is 0 Å². The van der Waals surface area contributed by atoms with Gasteiger partial charge >= 0.3 is 0 Å². The number of benzene rings is 1. The molecule has 0 bridgehead atoms. The van der Waals surface area contributed by atoms with Crippen LogP contribution in [0.15, 0.2) is 24.3 Å². The van der Waals surface area contributed by atoms with E-state index in [1.165, 1.54) is 24.3 Å². The van der Waals surface area contributed by atoms with Gasteiger partial charge in [0.25, 0.3) is 5.92 Å². The third kappa shape index (κ3) is 3.71. The van der Waals surface area contributed by atoms with Crippen LogP contribution in [-0.2, 0) is 4.79 Å². The molecule has 1 aliphatic rings. The molecule has 1 amide bonds. The molecule has 0 aromatic heterocycles. The Morgan fingerprint density at radius 1 is 1.45 bits per heavy atom. The number of amides is 1. The fourth-order valence-electron chi connectivity index (χ4n) is 2.02. The van der Waals surface area contributed by atoms with Gasteiger partial charge < -0.3 is 10.4 Å². The average molecular weight is 288 g/mol. The molecule has 1 saturated heterocycles. The molecule has 1 heterocycles. The molecule has 1 aliphatic heterocycles. The first-order valence-corrected chi connectivity index (χ1v) is 6.20. The maximum atomic E-state index is 12.9. The second-order valence-electron chi connectivity index (χ2n) is 4.81. The fraction of sp³-hybridized carbons (Fsp3) is 0.462. The second-order valence-corrected chi connectivity index (χ2v) is 4.81. The van der Waals surface area contributed by atoms with Crippen molar-refractivity contribution in [2.45, 2.75) is 24.5 Å². The average Bonchev–Trinajstić information content (AvgIpc) is 2.77. The lowest BCUT2D eigenvalue weighted by atomic mass is 10.1. The van der Waals surface area contributed by atoms with Crippen molar-refractivity contribution in [2.75, 3.05) is 13.1 Å². The van der Waals surface area contributed by atoms with Gasteiger partial charge in [0.15, 0.2) is 0 Å². The van der Waals surface area contributed by atoms with Crippen molar-refractivity contribution < 1.29 is 23.1 Å². The molecule has 2 rings (SSSR count). The standard InChI is InChI=1S/C13H15F3N2O2/c14-9-3-1-8(2-4-9)11(19)6-17-12(20)10-5-13(15,16)7-18-10/h1-4,10-11,18-19H,5-7H2,(H,17,20). The fourth-order valence-corrected chi connectivity index (χ4v) is 2.02. The van der Waals surface area contributed by atoms with Crippen molar-refractivity contribution in [3.63, 3.8) is 0 Å². The zero-order valence-electron chi connectivity index (χ0n) is 10.6. The highest BCUT2D eigenvalue weighted by Crippen LogP contribution is 2.25. The van der Waals surface area contributed by atoms with E-state index in [9.17, 15) is 23.1 Å². The number of alkyl halides is 2. The highest BCUT2D eigenvalue weighted by molar-refractivity contribution is 5.82. The van der Waals surface area contributed by atoms with E-state index >= 15 is 0 Å². The van der Waals surface area contributed by atoms with Crippen LogP contribution in [0.3, 0.4) is 0 Å². The number of aliphatic hydroxyl groups is 1. The predicted molar refractivity (Wildman–Crippen MR) is 65.7 cm³/mol. The topological polar surface area (TPSA) is 61.4 Å². The predicted octanol–water partition coefficient (Wildman–Crippen LogP) is 0.972. The van der Waals surface area contributed by atoms with Crippen molar-refractivity contribution in [3.8, 4) is 0 Å². The number of hydrogen-bond acceptors (Lipinski definition) is 3. The number of nitrogens with one attached hydrogen (secondary N) is 2. The zero-order chi connectivity index (χ0) is 14.8. The minimum Gasteiger partial charge on any atom is -0.387 e. The third-order valence-electron chi connectivity index (χ3n) is 3.15. The minimum absolute atomic E-state index is 0.117. The van der Waals surface area contributed by atoms with Gasteiger partial charge in [-0.1, -0.05) is 12.1 Å². The molecule has 2 unspecified atom stereocenters. The summed E-state index contributed by atoms with van der Waals surface area (Å²) in [7, 11) is 0. The summed E-state index contributed by atoms with van der Waals surface area (Å²) in [5.41, 5.74) is 0.441. The first-order valence-electron chi connectivity index (χ1n) is 6.20. The van der Waals surface area contributed by atoms with E-state index < -0.39 is 42.8 Å². The van der Waals surface area contributed by atoms with E-state index in [1.54, 1.807) is 0 Å². The van der Waals surface area contributed by atoms with Gasteiger partial charge in [-0.3, -0.25) is 10.1 Å². The Labute approximate surface area is 114 Å². The van der Waals surface area contributed by atoms with Crippen LogP contribution in [0.1, 0.15) is 18.1 Å². The Hall–Kier alpha value is -1.60. The molecular formula is C13H15F3N2O2. The van der Waals surface area contributed by atoms with E-state index in [2.05, 4.69) is 10.6 Å². The van der Waals surface area contributed by atoms with E-state index in [-0.39, 0.29) is 6.54 Å².